The molecule has 0 saturated carbocycles. The van der Waals surface area contributed by atoms with Crippen LogP contribution in [-0.2, 0) is 21.1 Å². The number of amides is 1. The number of hydrogen-bond donors (Lipinski definition) is 0. The van der Waals surface area contributed by atoms with Crippen molar-refractivity contribution in [2.24, 2.45) is 4.99 Å². The minimum absolute atomic E-state index is 0.0140. The Morgan fingerprint density at radius 2 is 1.90 bits per heavy atom. The van der Waals surface area contributed by atoms with E-state index < -0.39 is 15.7 Å². The maximum Gasteiger partial charge on any atom is 0.252 e. The van der Waals surface area contributed by atoms with E-state index in [1.807, 2.05) is 0 Å². The van der Waals surface area contributed by atoms with Crippen LogP contribution in [0.4, 0.5) is 10.1 Å². The predicted molar refractivity (Wildman–Crippen MR) is 115 cm³/mol. The van der Waals surface area contributed by atoms with Crippen LogP contribution >= 0.6 is 35.0 Å². The van der Waals surface area contributed by atoms with Crippen molar-refractivity contribution in [1.82, 2.24) is 0 Å². The molecule has 0 radical (unpaired) electrons. The molecule has 29 heavy (non-hydrogen) atoms. The molecular weight excluding hydrogens is 458 g/mol. The van der Waals surface area contributed by atoms with Crippen LogP contribution in [-0.4, -0.2) is 42.3 Å². The lowest BCUT2D eigenvalue weighted by Crippen LogP contribution is -2.38. The molecule has 2 heterocycles. The number of sulfone groups is 1. The zero-order valence-electron chi connectivity index (χ0n) is 14.9. The highest BCUT2D eigenvalue weighted by Gasteiger charge is 2.49. The van der Waals surface area contributed by atoms with Gasteiger partial charge in [0.1, 0.15) is 5.82 Å². The summed E-state index contributed by atoms with van der Waals surface area (Å²) in [5.41, 5.74) is 1.20. The molecular formula is C19H15Cl2FN2O3S2. The third-order valence-corrected chi connectivity index (χ3v) is 8.47. The monoisotopic (exact) mass is 472 g/mol. The Bertz CT molecular complexity index is 1110. The zero-order chi connectivity index (χ0) is 20.8. The summed E-state index contributed by atoms with van der Waals surface area (Å²) < 4.78 is 37.3. The molecule has 1 amide bonds. The van der Waals surface area contributed by atoms with Gasteiger partial charge in [-0.25, -0.2) is 12.8 Å². The third-order valence-electron chi connectivity index (χ3n) is 4.72. The Kier molecular flexibility index (Phi) is 5.63. The molecule has 0 spiro atoms. The highest BCUT2D eigenvalue weighted by Crippen LogP contribution is 2.43. The van der Waals surface area contributed by atoms with Crippen LogP contribution in [0.25, 0.3) is 0 Å². The number of nitrogens with zero attached hydrogens (tertiary/aromatic N) is 2. The number of aliphatic imine (C=N–C) groups is 1. The standard InChI is InChI=1S/C19H15Cl2FN2O3S2/c20-12-3-6-15(14(21)8-12)24-16-9-29(26,27)10-17(16)28-19(24)23-18(25)7-11-1-4-13(22)5-2-11/h1-6,8,16-17H,7,9-10H2/t16-,17-/m0/s1. The van der Waals surface area contributed by atoms with Gasteiger partial charge in [0, 0.05) is 10.3 Å². The van der Waals surface area contributed by atoms with E-state index in [0.29, 0.717) is 26.5 Å². The number of carbonyl (C=O) groups is 1. The van der Waals surface area contributed by atoms with Crippen LogP contribution in [0.1, 0.15) is 5.56 Å². The molecule has 10 heteroatoms. The van der Waals surface area contributed by atoms with Gasteiger partial charge in [-0.15, -0.1) is 0 Å². The van der Waals surface area contributed by atoms with Gasteiger partial charge in [0.05, 0.1) is 34.7 Å². The number of benzene rings is 2. The van der Waals surface area contributed by atoms with Crippen LogP contribution in [0, 0.1) is 5.82 Å². The van der Waals surface area contributed by atoms with E-state index in [4.69, 9.17) is 23.2 Å². The summed E-state index contributed by atoms with van der Waals surface area (Å²) in [6, 6.07) is 10.2. The Morgan fingerprint density at radius 1 is 1.17 bits per heavy atom. The van der Waals surface area contributed by atoms with Gasteiger partial charge >= 0.3 is 0 Å². The summed E-state index contributed by atoms with van der Waals surface area (Å²) in [6.45, 7) is 0. The van der Waals surface area contributed by atoms with Crippen LogP contribution < -0.4 is 4.90 Å². The minimum atomic E-state index is -3.18. The van der Waals surface area contributed by atoms with E-state index in [9.17, 15) is 17.6 Å². The number of fused-ring (bicyclic) bond motifs is 1. The lowest BCUT2D eigenvalue weighted by molar-refractivity contribution is -0.117. The summed E-state index contributed by atoms with van der Waals surface area (Å²) >= 11 is 13.6. The molecule has 0 N–H and O–H groups in total. The number of halogens is 3. The second-order valence-electron chi connectivity index (χ2n) is 6.86. The average molecular weight is 473 g/mol. The molecule has 2 aromatic rings. The number of carbonyl (C=O) groups excluding carboxylic acids is 1. The summed E-state index contributed by atoms with van der Waals surface area (Å²) in [4.78, 5) is 18.5. The van der Waals surface area contributed by atoms with E-state index >= 15 is 0 Å². The first-order chi connectivity index (χ1) is 13.7. The van der Waals surface area contributed by atoms with Crippen molar-refractivity contribution in [3.63, 3.8) is 0 Å². The second kappa shape index (κ2) is 7.91. The molecule has 0 bridgehead atoms. The Balaban J connectivity index is 1.66. The van der Waals surface area contributed by atoms with Crippen molar-refractivity contribution in [2.45, 2.75) is 17.7 Å². The largest absolute Gasteiger partial charge is 0.314 e. The zero-order valence-corrected chi connectivity index (χ0v) is 18.0. The van der Waals surface area contributed by atoms with Crippen LogP contribution in [0.5, 0.6) is 0 Å². The van der Waals surface area contributed by atoms with Crippen LogP contribution in [0.2, 0.25) is 10.0 Å². The van der Waals surface area contributed by atoms with E-state index in [1.54, 1.807) is 23.1 Å². The molecule has 2 aromatic carbocycles. The molecule has 2 aliphatic heterocycles. The first-order valence-corrected chi connectivity index (χ1v) is 12.1. The summed E-state index contributed by atoms with van der Waals surface area (Å²) in [7, 11) is -3.18. The maximum atomic E-state index is 13.1. The Hall–Kier alpha value is -1.61. The molecule has 152 valence electrons. The van der Waals surface area contributed by atoms with E-state index in [1.165, 1.54) is 36.0 Å². The first-order valence-electron chi connectivity index (χ1n) is 8.69. The first kappa shape index (κ1) is 20.7. The minimum Gasteiger partial charge on any atom is -0.314 e. The highest BCUT2D eigenvalue weighted by atomic mass is 35.5. The van der Waals surface area contributed by atoms with Gasteiger partial charge in [-0.3, -0.25) is 4.79 Å². The summed E-state index contributed by atoms with van der Waals surface area (Å²) in [5, 5.41) is 0.976. The van der Waals surface area contributed by atoms with Crippen LogP contribution in [0.15, 0.2) is 47.5 Å². The van der Waals surface area contributed by atoms with E-state index in [0.717, 1.165) is 0 Å². The number of rotatable bonds is 3. The smallest absolute Gasteiger partial charge is 0.252 e. The number of amidine groups is 1. The van der Waals surface area contributed by atoms with Gasteiger partial charge in [-0.2, -0.15) is 4.99 Å². The molecule has 2 fully saturated rings. The van der Waals surface area contributed by atoms with Crippen molar-refractivity contribution in [3.8, 4) is 0 Å². The van der Waals surface area contributed by atoms with E-state index in [-0.39, 0.29) is 35.0 Å². The molecule has 4 rings (SSSR count). The summed E-state index contributed by atoms with van der Waals surface area (Å²) in [6.07, 6.45) is 0.0140. The quantitative estimate of drug-likeness (QED) is 0.675. The lowest BCUT2D eigenvalue weighted by atomic mass is 10.1. The van der Waals surface area contributed by atoms with Gasteiger partial charge in [0.25, 0.3) is 5.91 Å². The molecule has 0 aromatic heterocycles. The summed E-state index contributed by atoms with van der Waals surface area (Å²) in [5.74, 6) is -0.794. The molecule has 2 aliphatic rings. The normalized spacial score (nSPS) is 24.1. The number of thioether (sulfide) groups is 1. The van der Waals surface area contributed by atoms with Crippen molar-refractivity contribution >= 4 is 61.6 Å². The number of anilines is 1. The fraction of sp³-hybridized carbons (Fsp3) is 0.263. The third kappa shape index (κ3) is 4.45. The van der Waals surface area contributed by atoms with Crippen molar-refractivity contribution in [3.05, 3.63) is 63.9 Å². The molecule has 5 nitrogen and oxygen atoms in total. The topological polar surface area (TPSA) is 66.8 Å². The molecule has 0 unspecified atom stereocenters. The molecule has 2 saturated heterocycles. The average Bonchev–Trinajstić information content (AvgIpc) is 3.08. The fourth-order valence-corrected chi connectivity index (χ4v) is 7.87. The van der Waals surface area contributed by atoms with Gasteiger partial charge in [0.2, 0.25) is 0 Å². The van der Waals surface area contributed by atoms with Crippen molar-refractivity contribution in [1.29, 1.82) is 0 Å². The van der Waals surface area contributed by atoms with Crippen molar-refractivity contribution < 1.29 is 17.6 Å². The van der Waals surface area contributed by atoms with Gasteiger partial charge in [-0.05, 0) is 35.9 Å². The van der Waals surface area contributed by atoms with Gasteiger partial charge < -0.3 is 4.90 Å². The van der Waals surface area contributed by atoms with Crippen LogP contribution in [0.3, 0.4) is 0 Å². The van der Waals surface area contributed by atoms with E-state index in [2.05, 4.69) is 4.99 Å². The predicted octanol–water partition coefficient (Wildman–Crippen LogP) is 3.98. The van der Waals surface area contributed by atoms with Gasteiger partial charge in [-0.1, -0.05) is 47.1 Å². The second-order valence-corrected chi connectivity index (χ2v) is 11.1. The highest BCUT2D eigenvalue weighted by molar-refractivity contribution is 8.16. The van der Waals surface area contributed by atoms with Crippen molar-refractivity contribution in [2.75, 3.05) is 16.4 Å². The Morgan fingerprint density at radius 3 is 2.59 bits per heavy atom. The fourth-order valence-electron chi connectivity index (χ4n) is 3.45. The van der Waals surface area contributed by atoms with Gasteiger partial charge in [0.15, 0.2) is 15.0 Å². The lowest BCUT2D eigenvalue weighted by Gasteiger charge is -2.25. The Labute approximate surface area is 181 Å². The molecule has 2 atom stereocenters. The SMILES string of the molecule is O=C(Cc1ccc(F)cc1)N=C1S[C@H]2CS(=O)(=O)C[C@@H]2N1c1ccc(Cl)cc1Cl. The molecule has 0 aliphatic carbocycles. The maximum absolute atomic E-state index is 13.1. The number of hydrogen-bond acceptors (Lipinski definition) is 4.